The van der Waals surface area contributed by atoms with Gasteiger partial charge in [0.2, 0.25) is 0 Å². The fourth-order valence-electron chi connectivity index (χ4n) is 3.48. The van der Waals surface area contributed by atoms with Crippen molar-refractivity contribution in [2.45, 2.75) is 59.5 Å². The second-order valence-corrected chi connectivity index (χ2v) is 7.42. The van der Waals surface area contributed by atoms with Crippen LogP contribution in [0, 0.1) is 19.8 Å². The average Bonchev–Trinajstić information content (AvgIpc) is 2.45. The van der Waals surface area contributed by atoms with Crippen LogP contribution in [0.1, 0.15) is 44.7 Å². The highest BCUT2D eigenvalue weighted by Gasteiger charge is 2.30. The highest BCUT2D eigenvalue weighted by molar-refractivity contribution is 9.10. The van der Waals surface area contributed by atoms with Crippen LogP contribution < -0.4 is 10.2 Å². The minimum absolute atomic E-state index is 0.597. The summed E-state index contributed by atoms with van der Waals surface area (Å²) >= 11 is 3.62. The molecule has 1 heterocycles. The molecule has 1 aromatic carbocycles. The van der Waals surface area contributed by atoms with Gasteiger partial charge in [-0.05, 0) is 49.4 Å². The van der Waals surface area contributed by atoms with Gasteiger partial charge in [-0.1, -0.05) is 43.1 Å². The molecule has 0 radical (unpaired) electrons. The van der Waals surface area contributed by atoms with Crippen LogP contribution in [0.15, 0.2) is 16.6 Å². The van der Waals surface area contributed by atoms with Crippen LogP contribution in [0.2, 0.25) is 0 Å². The van der Waals surface area contributed by atoms with Crippen molar-refractivity contribution in [1.29, 1.82) is 0 Å². The van der Waals surface area contributed by atoms with E-state index in [0.29, 0.717) is 12.1 Å². The van der Waals surface area contributed by atoms with Gasteiger partial charge >= 0.3 is 0 Å². The first kappa shape index (κ1) is 16.8. The number of rotatable bonds is 4. The molecule has 0 aliphatic carbocycles. The predicted molar refractivity (Wildman–Crippen MR) is 96.3 cm³/mol. The lowest BCUT2D eigenvalue weighted by molar-refractivity contribution is 0.306. The predicted octanol–water partition coefficient (Wildman–Crippen LogP) is 4.67. The first-order valence-electron chi connectivity index (χ1n) is 8.24. The van der Waals surface area contributed by atoms with Crippen molar-refractivity contribution >= 4 is 21.6 Å². The summed E-state index contributed by atoms with van der Waals surface area (Å²) < 4.78 is 1.18. The molecule has 1 aliphatic heterocycles. The third kappa shape index (κ3) is 3.62. The van der Waals surface area contributed by atoms with Crippen LogP contribution in [-0.4, -0.2) is 25.2 Å². The molecular weight excluding hydrogens is 324 g/mol. The van der Waals surface area contributed by atoms with E-state index < -0.39 is 0 Å². The van der Waals surface area contributed by atoms with E-state index >= 15 is 0 Å². The maximum Gasteiger partial charge on any atom is 0.0429 e. The maximum atomic E-state index is 3.77. The summed E-state index contributed by atoms with van der Waals surface area (Å²) in [6, 6.07) is 5.69. The van der Waals surface area contributed by atoms with Gasteiger partial charge in [0.05, 0.1) is 0 Å². The molecule has 2 rings (SSSR count). The standard InChI is InChI=1S/C18H29BrN2/c1-6-12(3)17-11-21(16(7-2)10-20-17)18-13(4)8-15(19)9-14(18)5/h8-9,12,16-17,20H,6-7,10-11H2,1-5H3. The number of aryl methyl sites for hydroxylation is 2. The molecule has 1 fully saturated rings. The number of nitrogens with one attached hydrogen (secondary N) is 1. The number of hydrogen-bond acceptors (Lipinski definition) is 2. The quantitative estimate of drug-likeness (QED) is 0.846. The Morgan fingerprint density at radius 3 is 2.43 bits per heavy atom. The average molecular weight is 353 g/mol. The molecular formula is C18H29BrN2. The normalized spacial score (nSPS) is 24.2. The van der Waals surface area contributed by atoms with Gasteiger partial charge in [-0.25, -0.2) is 0 Å². The van der Waals surface area contributed by atoms with E-state index in [1.807, 2.05) is 0 Å². The summed E-state index contributed by atoms with van der Waals surface area (Å²) in [5.41, 5.74) is 4.20. The Hall–Kier alpha value is -0.540. The van der Waals surface area contributed by atoms with Crippen molar-refractivity contribution in [3.05, 3.63) is 27.7 Å². The number of hydrogen-bond donors (Lipinski definition) is 1. The Morgan fingerprint density at radius 2 is 1.90 bits per heavy atom. The lowest BCUT2D eigenvalue weighted by Crippen LogP contribution is -2.58. The number of halogens is 1. The summed E-state index contributed by atoms with van der Waals surface area (Å²) in [7, 11) is 0. The largest absolute Gasteiger partial charge is 0.365 e. The van der Waals surface area contributed by atoms with Crippen LogP contribution in [0.3, 0.4) is 0 Å². The fourth-order valence-corrected chi connectivity index (χ4v) is 4.17. The summed E-state index contributed by atoms with van der Waals surface area (Å²) in [4.78, 5) is 2.66. The van der Waals surface area contributed by atoms with Gasteiger partial charge < -0.3 is 10.2 Å². The molecule has 1 saturated heterocycles. The number of anilines is 1. The lowest BCUT2D eigenvalue weighted by atomic mass is 9.93. The molecule has 3 heteroatoms. The third-order valence-electron chi connectivity index (χ3n) is 4.99. The molecule has 0 bridgehead atoms. The SMILES string of the molecule is CCC(C)C1CN(c2c(C)cc(Br)cc2C)C(CC)CN1. The number of piperazine rings is 1. The summed E-state index contributed by atoms with van der Waals surface area (Å²) in [6.07, 6.45) is 2.43. The van der Waals surface area contributed by atoms with E-state index in [1.54, 1.807) is 0 Å². The number of benzene rings is 1. The number of nitrogens with zero attached hydrogens (tertiary/aromatic N) is 1. The highest BCUT2D eigenvalue weighted by atomic mass is 79.9. The maximum absolute atomic E-state index is 3.77. The van der Waals surface area contributed by atoms with Crippen LogP contribution in [-0.2, 0) is 0 Å². The van der Waals surface area contributed by atoms with Crippen molar-refractivity contribution in [3.63, 3.8) is 0 Å². The monoisotopic (exact) mass is 352 g/mol. The van der Waals surface area contributed by atoms with Crippen molar-refractivity contribution in [2.75, 3.05) is 18.0 Å². The van der Waals surface area contributed by atoms with Crippen LogP contribution >= 0.6 is 15.9 Å². The van der Waals surface area contributed by atoms with E-state index in [1.165, 1.54) is 34.1 Å². The molecule has 3 atom stereocenters. The minimum atomic E-state index is 0.597. The second-order valence-electron chi connectivity index (χ2n) is 6.50. The Labute approximate surface area is 138 Å². The van der Waals surface area contributed by atoms with E-state index in [4.69, 9.17) is 0 Å². The van der Waals surface area contributed by atoms with Gasteiger partial charge in [-0.2, -0.15) is 0 Å². The smallest absolute Gasteiger partial charge is 0.0429 e. The molecule has 2 nitrogen and oxygen atoms in total. The molecule has 0 amide bonds. The molecule has 0 saturated carbocycles. The van der Waals surface area contributed by atoms with Gasteiger partial charge in [0.1, 0.15) is 0 Å². The summed E-state index contributed by atoms with van der Waals surface area (Å²) in [6.45, 7) is 13.6. The van der Waals surface area contributed by atoms with Crippen molar-refractivity contribution < 1.29 is 0 Å². The van der Waals surface area contributed by atoms with E-state index in [-0.39, 0.29) is 0 Å². The van der Waals surface area contributed by atoms with Crippen LogP contribution in [0.4, 0.5) is 5.69 Å². The molecule has 1 aliphatic rings. The molecule has 1 aromatic rings. The topological polar surface area (TPSA) is 15.3 Å². The zero-order valence-corrected chi connectivity index (χ0v) is 15.6. The Bertz CT molecular complexity index is 463. The Kier molecular flexibility index (Phi) is 5.73. The van der Waals surface area contributed by atoms with Gasteiger partial charge in [-0.3, -0.25) is 0 Å². The van der Waals surface area contributed by atoms with Gasteiger partial charge in [-0.15, -0.1) is 0 Å². The van der Waals surface area contributed by atoms with Crippen molar-refractivity contribution in [2.24, 2.45) is 5.92 Å². The van der Waals surface area contributed by atoms with Crippen molar-refractivity contribution in [3.8, 4) is 0 Å². The molecule has 3 unspecified atom stereocenters. The molecule has 1 N–H and O–H groups in total. The van der Waals surface area contributed by atoms with E-state index in [2.05, 4.69) is 72.9 Å². The van der Waals surface area contributed by atoms with E-state index in [0.717, 1.165) is 19.0 Å². The Balaban J connectivity index is 2.33. The molecule has 0 aromatic heterocycles. The first-order valence-corrected chi connectivity index (χ1v) is 9.03. The second kappa shape index (κ2) is 7.15. The zero-order valence-electron chi connectivity index (χ0n) is 14.0. The van der Waals surface area contributed by atoms with Gasteiger partial charge in [0, 0.05) is 35.3 Å². The highest BCUT2D eigenvalue weighted by Crippen LogP contribution is 2.32. The van der Waals surface area contributed by atoms with E-state index in [9.17, 15) is 0 Å². The third-order valence-corrected chi connectivity index (χ3v) is 5.45. The minimum Gasteiger partial charge on any atom is -0.365 e. The first-order chi connectivity index (χ1) is 9.97. The van der Waals surface area contributed by atoms with Gasteiger partial charge in [0.15, 0.2) is 0 Å². The molecule has 0 spiro atoms. The van der Waals surface area contributed by atoms with Crippen molar-refractivity contribution in [1.82, 2.24) is 5.32 Å². The lowest BCUT2D eigenvalue weighted by Gasteiger charge is -2.44. The van der Waals surface area contributed by atoms with Gasteiger partial charge in [0.25, 0.3) is 0 Å². The summed E-state index contributed by atoms with van der Waals surface area (Å²) in [5.74, 6) is 0.723. The molecule has 118 valence electrons. The van der Waals surface area contributed by atoms with Crippen LogP contribution in [0.5, 0.6) is 0 Å². The fraction of sp³-hybridized carbons (Fsp3) is 0.667. The Morgan fingerprint density at radius 1 is 1.29 bits per heavy atom. The zero-order chi connectivity index (χ0) is 15.6. The van der Waals surface area contributed by atoms with Crippen LogP contribution in [0.25, 0.3) is 0 Å². The molecule has 21 heavy (non-hydrogen) atoms. The summed E-state index contributed by atoms with van der Waals surface area (Å²) in [5, 5.41) is 3.77.